The predicted octanol–water partition coefficient (Wildman–Crippen LogP) is 1.29. The summed E-state index contributed by atoms with van der Waals surface area (Å²) >= 11 is 0. The number of rotatable bonds is 3. The molecule has 1 fully saturated rings. The van der Waals surface area contributed by atoms with Crippen LogP contribution in [-0.4, -0.2) is 37.6 Å². The molecule has 3 heteroatoms. The molecule has 1 aromatic heterocycles. The van der Waals surface area contributed by atoms with Gasteiger partial charge in [0.15, 0.2) is 0 Å². The van der Waals surface area contributed by atoms with Crippen LogP contribution in [0.1, 0.15) is 18.6 Å². The Kier molecular flexibility index (Phi) is 3.22. The molecule has 1 N–H and O–H groups in total. The second kappa shape index (κ2) is 4.62. The van der Waals surface area contributed by atoms with E-state index >= 15 is 0 Å². The van der Waals surface area contributed by atoms with Crippen LogP contribution < -0.4 is 5.32 Å². The molecule has 2 rings (SSSR count). The highest BCUT2D eigenvalue weighted by Gasteiger charge is 2.15. The summed E-state index contributed by atoms with van der Waals surface area (Å²) in [7, 11) is 0. The Morgan fingerprint density at radius 2 is 2.29 bits per heavy atom. The third-order valence-corrected chi connectivity index (χ3v) is 2.77. The molecule has 1 aliphatic rings. The standard InChI is InChI=1S/C11H18N2O/c1-10(11-3-2-8-14-11)9-13-6-4-12-5-7-13/h2-3,8,10,12H,4-7,9H2,1H3. The van der Waals surface area contributed by atoms with E-state index in [0.717, 1.165) is 38.5 Å². The first-order valence-corrected chi connectivity index (χ1v) is 5.33. The van der Waals surface area contributed by atoms with Gasteiger partial charge in [0.1, 0.15) is 5.76 Å². The Morgan fingerprint density at radius 1 is 1.50 bits per heavy atom. The van der Waals surface area contributed by atoms with E-state index in [1.807, 2.05) is 6.07 Å². The third-order valence-electron chi connectivity index (χ3n) is 2.77. The molecule has 1 unspecified atom stereocenters. The van der Waals surface area contributed by atoms with Gasteiger partial charge in [-0.15, -0.1) is 0 Å². The number of furan rings is 1. The number of nitrogens with zero attached hydrogens (tertiary/aromatic N) is 1. The van der Waals surface area contributed by atoms with Crippen molar-refractivity contribution < 1.29 is 4.42 Å². The summed E-state index contributed by atoms with van der Waals surface area (Å²) in [4.78, 5) is 2.49. The minimum Gasteiger partial charge on any atom is -0.469 e. The quantitative estimate of drug-likeness (QED) is 0.786. The van der Waals surface area contributed by atoms with Gasteiger partial charge in [-0.05, 0) is 12.1 Å². The second-order valence-electron chi connectivity index (χ2n) is 3.97. The van der Waals surface area contributed by atoms with Crippen molar-refractivity contribution in [3.05, 3.63) is 24.2 Å². The summed E-state index contributed by atoms with van der Waals surface area (Å²) < 4.78 is 5.39. The molecule has 0 spiro atoms. The van der Waals surface area contributed by atoms with Crippen LogP contribution in [0, 0.1) is 0 Å². The van der Waals surface area contributed by atoms with Crippen molar-refractivity contribution in [2.75, 3.05) is 32.7 Å². The molecule has 3 nitrogen and oxygen atoms in total. The molecule has 0 aliphatic carbocycles. The lowest BCUT2D eigenvalue weighted by Gasteiger charge is -2.28. The molecule has 0 saturated carbocycles. The van der Waals surface area contributed by atoms with Crippen LogP contribution in [0.4, 0.5) is 0 Å². The fourth-order valence-corrected chi connectivity index (χ4v) is 1.94. The maximum Gasteiger partial charge on any atom is 0.107 e. The maximum absolute atomic E-state index is 5.39. The van der Waals surface area contributed by atoms with Crippen molar-refractivity contribution in [2.24, 2.45) is 0 Å². The molecular formula is C11H18N2O. The molecule has 0 aromatic carbocycles. The van der Waals surface area contributed by atoms with Gasteiger partial charge in [-0.3, -0.25) is 0 Å². The molecule has 1 aromatic rings. The molecule has 0 bridgehead atoms. The average Bonchev–Trinajstić information content (AvgIpc) is 2.72. The summed E-state index contributed by atoms with van der Waals surface area (Å²) in [5.74, 6) is 1.60. The maximum atomic E-state index is 5.39. The van der Waals surface area contributed by atoms with Crippen LogP contribution in [-0.2, 0) is 0 Å². The topological polar surface area (TPSA) is 28.4 Å². The summed E-state index contributed by atoms with van der Waals surface area (Å²) in [5, 5.41) is 3.36. The molecule has 78 valence electrons. The monoisotopic (exact) mass is 194 g/mol. The van der Waals surface area contributed by atoms with E-state index in [0.29, 0.717) is 5.92 Å². The van der Waals surface area contributed by atoms with E-state index in [1.54, 1.807) is 6.26 Å². The molecule has 0 amide bonds. The largest absolute Gasteiger partial charge is 0.469 e. The van der Waals surface area contributed by atoms with Crippen molar-refractivity contribution in [3.63, 3.8) is 0 Å². The van der Waals surface area contributed by atoms with E-state index in [4.69, 9.17) is 4.42 Å². The molecule has 1 saturated heterocycles. The van der Waals surface area contributed by atoms with E-state index < -0.39 is 0 Å². The highest BCUT2D eigenvalue weighted by molar-refractivity contribution is 5.04. The van der Waals surface area contributed by atoms with Gasteiger partial charge in [0.05, 0.1) is 6.26 Å². The molecule has 0 radical (unpaired) electrons. The summed E-state index contributed by atoms with van der Waals surface area (Å²) in [6, 6.07) is 4.02. The van der Waals surface area contributed by atoms with Crippen molar-refractivity contribution in [3.8, 4) is 0 Å². The number of piperazine rings is 1. The fourth-order valence-electron chi connectivity index (χ4n) is 1.94. The van der Waals surface area contributed by atoms with Gasteiger partial charge in [0.2, 0.25) is 0 Å². The number of hydrogen-bond donors (Lipinski definition) is 1. The zero-order valence-corrected chi connectivity index (χ0v) is 8.70. The molecule has 2 heterocycles. The van der Waals surface area contributed by atoms with Crippen molar-refractivity contribution >= 4 is 0 Å². The normalized spacial score (nSPS) is 20.9. The first-order chi connectivity index (χ1) is 6.86. The average molecular weight is 194 g/mol. The molecular weight excluding hydrogens is 176 g/mol. The Balaban J connectivity index is 1.84. The predicted molar refractivity (Wildman–Crippen MR) is 56.4 cm³/mol. The lowest BCUT2D eigenvalue weighted by molar-refractivity contribution is 0.223. The van der Waals surface area contributed by atoms with Crippen molar-refractivity contribution in [2.45, 2.75) is 12.8 Å². The minimum absolute atomic E-state index is 0.503. The summed E-state index contributed by atoms with van der Waals surface area (Å²) in [6.07, 6.45) is 1.75. The molecule has 1 aliphatic heterocycles. The highest BCUT2D eigenvalue weighted by atomic mass is 16.3. The van der Waals surface area contributed by atoms with Gasteiger partial charge in [-0.1, -0.05) is 6.92 Å². The summed E-state index contributed by atoms with van der Waals surface area (Å²) in [5.41, 5.74) is 0. The smallest absolute Gasteiger partial charge is 0.107 e. The van der Waals surface area contributed by atoms with Crippen LogP contribution in [0.5, 0.6) is 0 Å². The minimum atomic E-state index is 0.503. The van der Waals surface area contributed by atoms with Crippen LogP contribution in [0.2, 0.25) is 0 Å². The van der Waals surface area contributed by atoms with Crippen LogP contribution in [0.3, 0.4) is 0 Å². The fraction of sp³-hybridized carbons (Fsp3) is 0.636. The number of hydrogen-bond acceptors (Lipinski definition) is 3. The van der Waals surface area contributed by atoms with Gasteiger partial charge in [0.25, 0.3) is 0 Å². The highest BCUT2D eigenvalue weighted by Crippen LogP contribution is 2.16. The SMILES string of the molecule is CC(CN1CCNCC1)c1ccco1. The molecule has 1 atom stereocenters. The zero-order valence-electron chi connectivity index (χ0n) is 8.70. The van der Waals surface area contributed by atoms with Crippen molar-refractivity contribution in [1.82, 2.24) is 10.2 Å². The first-order valence-electron chi connectivity index (χ1n) is 5.33. The van der Waals surface area contributed by atoms with E-state index in [-0.39, 0.29) is 0 Å². The zero-order chi connectivity index (χ0) is 9.80. The van der Waals surface area contributed by atoms with Crippen molar-refractivity contribution in [1.29, 1.82) is 0 Å². The van der Waals surface area contributed by atoms with Crippen LogP contribution in [0.15, 0.2) is 22.8 Å². The Bertz CT molecular complexity index is 252. The van der Waals surface area contributed by atoms with Gasteiger partial charge in [-0.2, -0.15) is 0 Å². The lowest BCUT2D eigenvalue weighted by atomic mass is 10.1. The van der Waals surface area contributed by atoms with Gasteiger partial charge in [-0.25, -0.2) is 0 Å². The van der Waals surface area contributed by atoms with Gasteiger partial charge in [0, 0.05) is 38.6 Å². The Morgan fingerprint density at radius 3 is 2.93 bits per heavy atom. The summed E-state index contributed by atoms with van der Waals surface area (Å²) in [6.45, 7) is 7.88. The van der Waals surface area contributed by atoms with E-state index in [2.05, 4.69) is 23.2 Å². The Labute approximate surface area is 85.1 Å². The lowest BCUT2D eigenvalue weighted by Crippen LogP contribution is -2.44. The molecule has 14 heavy (non-hydrogen) atoms. The number of nitrogens with one attached hydrogen (secondary N) is 1. The van der Waals surface area contributed by atoms with Crippen LogP contribution >= 0.6 is 0 Å². The van der Waals surface area contributed by atoms with Gasteiger partial charge >= 0.3 is 0 Å². The van der Waals surface area contributed by atoms with E-state index in [9.17, 15) is 0 Å². The Hall–Kier alpha value is -0.800. The van der Waals surface area contributed by atoms with Crippen LogP contribution in [0.25, 0.3) is 0 Å². The van der Waals surface area contributed by atoms with Gasteiger partial charge < -0.3 is 14.6 Å². The van der Waals surface area contributed by atoms with E-state index in [1.165, 1.54) is 0 Å². The second-order valence-corrected chi connectivity index (χ2v) is 3.97. The first kappa shape index (κ1) is 9.74. The third kappa shape index (κ3) is 2.36.